The molecule has 0 unspecified atom stereocenters. The number of nitrogens with zero attached hydrogens (tertiary/aromatic N) is 1. The van der Waals surface area contributed by atoms with Crippen LogP contribution in [0.1, 0.15) is 11.1 Å². The lowest BCUT2D eigenvalue weighted by Gasteiger charge is -2.35. The van der Waals surface area contributed by atoms with Gasteiger partial charge in [0.25, 0.3) is 0 Å². The Morgan fingerprint density at radius 3 is 2.19 bits per heavy atom. The fourth-order valence-electron chi connectivity index (χ4n) is 1.73. The van der Waals surface area contributed by atoms with Gasteiger partial charge in [-0.25, -0.2) is 0 Å². The van der Waals surface area contributed by atoms with Gasteiger partial charge in [0.2, 0.25) is 0 Å². The van der Waals surface area contributed by atoms with Gasteiger partial charge in [-0.15, -0.1) is 0 Å². The molecule has 0 radical (unpaired) electrons. The lowest BCUT2D eigenvalue weighted by Crippen LogP contribution is -2.49. The number of likely N-dealkylation sites (tertiary alicyclic amines) is 1. The Bertz CT molecular complexity index is 354. The van der Waals surface area contributed by atoms with Crippen LogP contribution in [0.5, 0.6) is 0 Å². The zero-order valence-electron chi connectivity index (χ0n) is 8.54. The second-order valence-corrected chi connectivity index (χ2v) is 4.04. The van der Waals surface area contributed by atoms with Crippen LogP contribution in [-0.2, 0) is 12.7 Å². The van der Waals surface area contributed by atoms with E-state index in [-0.39, 0.29) is 6.10 Å². The summed E-state index contributed by atoms with van der Waals surface area (Å²) in [5.41, 5.74) is 0.208. The van der Waals surface area contributed by atoms with Crippen molar-refractivity contribution in [1.82, 2.24) is 4.90 Å². The molecular formula is C11H12F3NO. The molecule has 2 rings (SSSR count). The molecule has 0 atom stereocenters. The molecule has 1 aromatic rings. The van der Waals surface area contributed by atoms with Crippen LogP contribution in [0.4, 0.5) is 13.2 Å². The van der Waals surface area contributed by atoms with Crippen molar-refractivity contribution in [3.05, 3.63) is 35.4 Å². The molecule has 0 bridgehead atoms. The molecule has 16 heavy (non-hydrogen) atoms. The van der Waals surface area contributed by atoms with Crippen LogP contribution >= 0.6 is 0 Å². The number of hydrogen-bond acceptors (Lipinski definition) is 2. The van der Waals surface area contributed by atoms with E-state index >= 15 is 0 Å². The van der Waals surface area contributed by atoms with Crippen molar-refractivity contribution >= 4 is 0 Å². The smallest absolute Gasteiger partial charge is 0.390 e. The maximum absolute atomic E-state index is 12.3. The van der Waals surface area contributed by atoms with Crippen LogP contribution in [0, 0.1) is 0 Å². The fraction of sp³-hybridized carbons (Fsp3) is 0.455. The van der Waals surface area contributed by atoms with Crippen molar-refractivity contribution in [3.8, 4) is 0 Å². The summed E-state index contributed by atoms with van der Waals surface area (Å²) in [4.78, 5) is 1.98. The van der Waals surface area contributed by atoms with Gasteiger partial charge in [-0.1, -0.05) is 12.1 Å². The van der Waals surface area contributed by atoms with Crippen LogP contribution in [0.15, 0.2) is 24.3 Å². The van der Waals surface area contributed by atoms with E-state index in [2.05, 4.69) is 0 Å². The maximum Gasteiger partial charge on any atom is 0.416 e. The van der Waals surface area contributed by atoms with E-state index in [0.29, 0.717) is 19.6 Å². The van der Waals surface area contributed by atoms with E-state index in [1.807, 2.05) is 4.90 Å². The molecule has 1 saturated heterocycles. The minimum Gasteiger partial charge on any atom is -0.390 e. The second-order valence-electron chi connectivity index (χ2n) is 4.04. The van der Waals surface area contributed by atoms with Crippen LogP contribution in [0.2, 0.25) is 0 Å². The summed E-state index contributed by atoms with van der Waals surface area (Å²) >= 11 is 0. The van der Waals surface area contributed by atoms with Gasteiger partial charge < -0.3 is 5.11 Å². The van der Waals surface area contributed by atoms with E-state index in [1.54, 1.807) is 0 Å². The quantitative estimate of drug-likeness (QED) is 0.840. The molecule has 0 saturated carbocycles. The van der Waals surface area contributed by atoms with Gasteiger partial charge in [-0.05, 0) is 17.7 Å². The molecule has 1 aliphatic rings. The first-order valence-corrected chi connectivity index (χ1v) is 5.02. The number of alkyl halides is 3. The third-order valence-corrected chi connectivity index (χ3v) is 2.63. The summed E-state index contributed by atoms with van der Waals surface area (Å²) < 4.78 is 36.8. The third-order valence-electron chi connectivity index (χ3n) is 2.63. The zero-order valence-corrected chi connectivity index (χ0v) is 8.54. The molecule has 0 aromatic heterocycles. The van der Waals surface area contributed by atoms with Gasteiger partial charge in [0.15, 0.2) is 0 Å². The van der Waals surface area contributed by atoms with Crippen LogP contribution < -0.4 is 0 Å². The molecule has 88 valence electrons. The van der Waals surface area contributed by atoms with E-state index in [1.165, 1.54) is 12.1 Å². The average molecular weight is 231 g/mol. The first-order chi connectivity index (χ1) is 7.45. The molecule has 0 aliphatic carbocycles. The van der Waals surface area contributed by atoms with Crippen molar-refractivity contribution in [2.75, 3.05) is 13.1 Å². The summed E-state index contributed by atoms with van der Waals surface area (Å²) in [7, 11) is 0. The number of halogens is 3. The van der Waals surface area contributed by atoms with Crippen LogP contribution in [0.3, 0.4) is 0 Å². The molecule has 5 heteroatoms. The van der Waals surface area contributed by atoms with Gasteiger partial charge in [-0.3, -0.25) is 4.90 Å². The molecule has 1 aliphatic heterocycles. The minimum atomic E-state index is -4.27. The van der Waals surface area contributed by atoms with Gasteiger partial charge in [-0.2, -0.15) is 13.2 Å². The molecule has 0 spiro atoms. The highest BCUT2D eigenvalue weighted by molar-refractivity contribution is 5.24. The largest absolute Gasteiger partial charge is 0.416 e. The van der Waals surface area contributed by atoms with Crippen LogP contribution in [-0.4, -0.2) is 29.2 Å². The predicted molar refractivity (Wildman–Crippen MR) is 52.7 cm³/mol. The highest BCUT2D eigenvalue weighted by Gasteiger charge is 2.30. The second kappa shape index (κ2) is 4.07. The monoisotopic (exact) mass is 231 g/mol. The number of β-amino-alcohol motifs (C(OH)–C–C–N with tert-alkyl or cyclic N) is 1. The standard InChI is InChI=1S/C11H12F3NO/c12-11(13,14)9-3-1-8(2-4-9)5-15-6-10(16)7-15/h1-4,10,16H,5-7H2. The fourth-order valence-corrected chi connectivity index (χ4v) is 1.73. The predicted octanol–water partition coefficient (Wildman–Crippen LogP) is 1.88. The summed E-state index contributed by atoms with van der Waals surface area (Å²) in [6.07, 6.45) is -4.56. The van der Waals surface area contributed by atoms with Crippen molar-refractivity contribution < 1.29 is 18.3 Å². The molecule has 2 nitrogen and oxygen atoms in total. The van der Waals surface area contributed by atoms with Crippen molar-refractivity contribution in [2.45, 2.75) is 18.8 Å². The van der Waals surface area contributed by atoms with Crippen molar-refractivity contribution in [2.24, 2.45) is 0 Å². The van der Waals surface area contributed by atoms with E-state index < -0.39 is 11.7 Å². The van der Waals surface area contributed by atoms with Gasteiger partial charge >= 0.3 is 6.18 Å². The molecule has 1 heterocycles. The van der Waals surface area contributed by atoms with Crippen LogP contribution in [0.25, 0.3) is 0 Å². The SMILES string of the molecule is OC1CN(Cc2ccc(C(F)(F)F)cc2)C1. The number of rotatable bonds is 2. The first-order valence-electron chi connectivity index (χ1n) is 5.02. The van der Waals surface area contributed by atoms with E-state index in [4.69, 9.17) is 5.11 Å². The van der Waals surface area contributed by atoms with Gasteiger partial charge in [0.05, 0.1) is 11.7 Å². The van der Waals surface area contributed by atoms with E-state index in [9.17, 15) is 13.2 Å². The minimum absolute atomic E-state index is 0.283. The highest BCUT2D eigenvalue weighted by atomic mass is 19.4. The topological polar surface area (TPSA) is 23.5 Å². The first kappa shape index (κ1) is 11.4. The molecule has 1 N–H and O–H groups in total. The average Bonchev–Trinajstić information content (AvgIpc) is 2.15. The van der Waals surface area contributed by atoms with Crippen molar-refractivity contribution in [3.63, 3.8) is 0 Å². The van der Waals surface area contributed by atoms with Gasteiger partial charge in [0.1, 0.15) is 0 Å². The summed E-state index contributed by atoms with van der Waals surface area (Å²) in [6, 6.07) is 5.14. The Balaban J connectivity index is 1.97. The third kappa shape index (κ3) is 2.54. The Morgan fingerprint density at radius 1 is 1.19 bits per heavy atom. The number of benzene rings is 1. The normalized spacial score (nSPS) is 18.5. The molecule has 1 aromatic carbocycles. The zero-order chi connectivity index (χ0) is 11.8. The molecule has 1 fully saturated rings. The molecule has 0 amide bonds. The summed E-state index contributed by atoms with van der Waals surface area (Å²) in [5, 5.41) is 9.06. The number of hydrogen-bond donors (Lipinski definition) is 1. The number of aliphatic hydroxyl groups excluding tert-OH is 1. The highest BCUT2D eigenvalue weighted by Crippen LogP contribution is 2.29. The number of aliphatic hydroxyl groups is 1. The Hall–Kier alpha value is -1.07. The van der Waals surface area contributed by atoms with E-state index in [0.717, 1.165) is 17.7 Å². The van der Waals surface area contributed by atoms with Gasteiger partial charge in [0, 0.05) is 19.6 Å². The maximum atomic E-state index is 12.3. The Morgan fingerprint density at radius 2 is 1.75 bits per heavy atom. The summed E-state index contributed by atoms with van der Waals surface area (Å²) in [6.45, 7) is 1.79. The Labute approximate surface area is 91.3 Å². The molecular weight excluding hydrogens is 219 g/mol. The van der Waals surface area contributed by atoms with Crippen molar-refractivity contribution in [1.29, 1.82) is 0 Å². The lowest BCUT2D eigenvalue weighted by molar-refractivity contribution is -0.137. The summed E-state index contributed by atoms with van der Waals surface area (Å²) in [5.74, 6) is 0. The lowest BCUT2D eigenvalue weighted by atomic mass is 10.1. The Kier molecular flexibility index (Phi) is 2.90.